The van der Waals surface area contributed by atoms with Crippen LogP contribution in [0.2, 0.25) is 0 Å². The Morgan fingerprint density at radius 3 is 2.60 bits per heavy atom. The van der Waals surface area contributed by atoms with Gasteiger partial charge in [0.05, 0.1) is 12.2 Å². The Morgan fingerprint density at radius 1 is 1.45 bits per heavy atom. The van der Waals surface area contributed by atoms with Crippen molar-refractivity contribution in [2.24, 2.45) is 0 Å². The van der Waals surface area contributed by atoms with E-state index in [2.05, 4.69) is 15.0 Å². The van der Waals surface area contributed by atoms with E-state index in [9.17, 15) is 13.6 Å². The lowest BCUT2D eigenvalue weighted by atomic mass is 10.1. The van der Waals surface area contributed by atoms with E-state index in [0.717, 1.165) is 4.68 Å². The summed E-state index contributed by atoms with van der Waals surface area (Å²) in [5.74, 6) is -0.889. The zero-order valence-corrected chi connectivity index (χ0v) is 12.0. The largest absolute Gasteiger partial charge is 0.461 e. The molecule has 0 aliphatic carbocycles. The van der Waals surface area contributed by atoms with Gasteiger partial charge in [0.25, 0.3) is 6.43 Å². The minimum absolute atomic E-state index is 0.0884. The van der Waals surface area contributed by atoms with Crippen molar-refractivity contribution < 1.29 is 23.0 Å². The molecule has 8 heteroatoms. The Morgan fingerprint density at radius 2 is 2.10 bits per heavy atom. The van der Waals surface area contributed by atoms with Crippen molar-refractivity contribution in [3.8, 4) is 0 Å². The molecule has 20 heavy (non-hydrogen) atoms. The SMILES string of the molecule is CCOC(=O)c1nnn(CCC(C)(C)OC)c1C(F)F. The van der Waals surface area contributed by atoms with Gasteiger partial charge in [0.2, 0.25) is 0 Å². The maximum absolute atomic E-state index is 13.1. The second kappa shape index (κ2) is 6.74. The number of esters is 1. The van der Waals surface area contributed by atoms with Gasteiger partial charge >= 0.3 is 5.97 Å². The van der Waals surface area contributed by atoms with Crippen LogP contribution in [0, 0.1) is 0 Å². The van der Waals surface area contributed by atoms with Gasteiger partial charge < -0.3 is 9.47 Å². The van der Waals surface area contributed by atoms with Crippen LogP contribution in [-0.2, 0) is 16.0 Å². The monoisotopic (exact) mass is 291 g/mol. The molecule has 0 radical (unpaired) electrons. The zero-order valence-electron chi connectivity index (χ0n) is 12.0. The molecule has 1 rings (SSSR count). The fraction of sp³-hybridized carbons (Fsp3) is 0.750. The molecule has 0 saturated heterocycles. The first-order chi connectivity index (χ1) is 9.32. The molecular weight excluding hydrogens is 272 g/mol. The highest BCUT2D eigenvalue weighted by Gasteiger charge is 2.28. The van der Waals surface area contributed by atoms with Gasteiger partial charge in [0, 0.05) is 13.7 Å². The topological polar surface area (TPSA) is 66.2 Å². The van der Waals surface area contributed by atoms with E-state index in [1.807, 2.05) is 13.8 Å². The van der Waals surface area contributed by atoms with Crippen molar-refractivity contribution in [3.05, 3.63) is 11.4 Å². The molecule has 0 fully saturated rings. The number of carbonyl (C=O) groups is 1. The van der Waals surface area contributed by atoms with E-state index in [1.54, 1.807) is 14.0 Å². The Hall–Kier alpha value is -1.57. The van der Waals surface area contributed by atoms with Gasteiger partial charge in [-0.2, -0.15) is 0 Å². The van der Waals surface area contributed by atoms with Gasteiger partial charge in [-0.15, -0.1) is 5.10 Å². The standard InChI is InChI=1S/C12H19F2N3O3/c1-5-20-11(18)8-9(10(13)14)17(16-15-8)7-6-12(2,3)19-4/h10H,5-7H2,1-4H3. The second-order valence-electron chi connectivity index (χ2n) is 4.78. The van der Waals surface area contributed by atoms with E-state index in [-0.39, 0.29) is 13.2 Å². The molecule has 0 unspecified atom stereocenters. The molecule has 0 bridgehead atoms. The van der Waals surface area contributed by atoms with Crippen LogP contribution in [-0.4, -0.2) is 40.3 Å². The first kappa shape index (κ1) is 16.5. The summed E-state index contributed by atoms with van der Waals surface area (Å²) in [6.45, 7) is 5.51. The number of aromatic nitrogens is 3. The Balaban J connectivity index is 2.95. The van der Waals surface area contributed by atoms with Crippen LogP contribution in [0.5, 0.6) is 0 Å². The highest BCUT2D eigenvalue weighted by Crippen LogP contribution is 2.23. The van der Waals surface area contributed by atoms with Gasteiger partial charge in [0.1, 0.15) is 5.69 Å². The Kier molecular flexibility index (Phi) is 5.55. The molecule has 0 aliphatic heterocycles. The van der Waals surface area contributed by atoms with Gasteiger partial charge in [-0.05, 0) is 27.2 Å². The summed E-state index contributed by atoms with van der Waals surface area (Å²) in [6, 6.07) is 0. The van der Waals surface area contributed by atoms with Crippen LogP contribution in [0.4, 0.5) is 8.78 Å². The summed E-state index contributed by atoms with van der Waals surface area (Å²) in [4.78, 5) is 11.5. The molecule has 114 valence electrons. The third-order valence-corrected chi connectivity index (χ3v) is 2.93. The number of alkyl halides is 2. The van der Waals surface area contributed by atoms with E-state index in [4.69, 9.17) is 4.74 Å². The van der Waals surface area contributed by atoms with Crippen LogP contribution in [0.1, 0.15) is 49.8 Å². The number of hydrogen-bond acceptors (Lipinski definition) is 5. The van der Waals surface area contributed by atoms with E-state index in [1.165, 1.54) is 0 Å². The number of nitrogens with zero attached hydrogens (tertiary/aromatic N) is 3. The van der Waals surface area contributed by atoms with Crippen molar-refractivity contribution >= 4 is 5.97 Å². The third kappa shape index (κ3) is 3.96. The molecular formula is C12H19F2N3O3. The molecule has 1 aromatic heterocycles. The van der Waals surface area contributed by atoms with Crippen LogP contribution in [0.15, 0.2) is 0 Å². The van der Waals surface area contributed by atoms with E-state index in [0.29, 0.717) is 6.42 Å². The number of rotatable bonds is 7. The molecule has 6 nitrogen and oxygen atoms in total. The predicted octanol–water partition coefficient (Wildman–Crippen LogP) is 2.21. The molecule has 0 N–H and O–H groups in total. The van der Waals surface area contributed by atoms with Crippen LogP contribution in [0.3, 0.4) is 0 Å². The number of methoxy groups -OCH3 is 1. The summed E-state index contributed by atoms with van der Waals surface area (Å²) in [6.07, 6.45) is -2.40. The zero-order chi connectivity index (χ0) is 15.3. The van der Waals surface area contributed by atoms with Crippen LogP contribution in [0.25, 0.3) is 0 Å². The summed E-state index contributed by atoms with van der Waals surface area (Å²) < 4.78 is 37.1. The third-order valence-electron chi connectivity index (χ3n) is 2.93. The minimum atomic E-state index is -2.85. The molecule has 1 heterocycles. The van der Waals surface area contributed by atoms with Gasteiger partial charge in [0.15, 0.2) is 5.69 Å². The predicted molar refractivity (Wildman–Crippen MR) is 66.6 cm³/mol. The highest BCUT2D eigenvalue weighted by atomic mass is 19.3. The van der Waals surface area contributed by atoms with Gasteiger partial charge in [-0.25, -0.2) is 18.3 Å². The molecule has 0 aliphatic rings. The fourth-order valence-corrected chi connectivity index (χ4v) is 1.52. The van der Waals surface area contributed by atoms with Gasteiger partial charge in [-0.1, -0.05) is 5.21 Å². The van der Waals surface area contributed by atoms with Crippen molar-refractivity contribution in [2.75, 3.05) is 13.7 Å². The van der Waals surface area contributed by atoms with E-state index >= 15 is 0 Å². The number of carbonyl (C=O) groups excluding carboxylic acids is 1. The molecule has 0 spiro atoms. The molecule has 0 amide bonds. The quantitative estimate of drug-likeness (QED) is 0.721. The maximum atomic E-state index is 13.1. The average molecular weight is 291 g/mol. The lowest BCUT2D eigenvalue weighted by Crippen LogP contribution is -2.25. The maximum Gasteiger partial charge on any atom is 0.361 e. The van der Waals surface area contributed by atoms with Gasteiger partial charge in [-0.3, -0.25) is 0 Å². The average Bonchev–Trinajstić information content (AvgIpc) is 2.81. The van der Waals surface area contributed by atoms with Crippen molar-refractivity contribution in [1.82, 2.24) is 15.0 Å². The summed E-state index contributed by atoms with van der Waals surface area (Å²) >= 11 is 0. The first-order valence-electron chi connectivity index (χ1n) is 6.26. The first-order valence-corrected chi connectivity index (χ1v) is 6.26. The number of aryl methyl sites for hydroxylation is 1. The molecule has 0 atom stereocenters. The molecule has 0 aromatic carbocycles. The Labute approximate surface area is 116 Å². The summed E-state index contributed by atoms with van der Waals surface area (Å²) in [5, 5.41) is 7.11. The number of hydrogen-bond donors (Lipinski definition) is 0. The Bertz CT molecular complexity index is 461. The lowest BCUT2D eigenvalue weighted by molar-refractivity contribution is 0.0102. The van der Waals surface area contributed by atoms with Crippen molar-refractivity contribution in [2.45, 2.75) is 45.8 Å². The normalized spacial score (nSPS) is 11.9. The smallest absolute Gasteiger partial charge is 0.361 e. The fourth-order valence-electron chi connectivity index (χ4n) is 1.52. The van der Waals surface area contributed by atoms with Crippen molar-refractivity contribution in [3.63, 3.8) is 0 Å². The van der Waals surface area contributed by atoms with Crippen LogP contribution >= 0.6 is 0 Å². The van der Waals surface area contributed by atoms with E-state index < -0.39 is 29.4 Å². The summed E-state index contributed by atoms with van der Waals surface area (Å²) in [5.41, 5.74) is -1.43. The van der Waals surface area contributed by atoms with Crippen LogP contribution < -0.4 is 0 Å². The lowest BCUT2D eigenvalue weighted by Gasteiger charge is -2.22. The molecule has 1 aromatic rings. The molecule has 0 saturated carbocycles. The number of halogens is 2. The number of ether oxygens (including phenoxy) is 2. The summed E-state index contributed by atoms with van der Waals surface area (Å²) in [7, 11) is 1.54. The second-order valence-corrected chi connectivity index (χ2v) is 4.78. The van der Waals surface area contributed by atoms with Crippen molar-refractivity contribution in [1.29, 1.82) is 0 Å². The minimum Gasteiger partial charge on any atom is -0.461 e. The highest BCUT2D eigenvalue weighted by molar-refractivity contribution is 5.88.